The van der Waals surface area contributed by atoms with Crippen LogP contribution in [0.1, 0.15) is 31.4 Å². The fraction of sp³-hybridized carbons (Fsp3) is 0.526. The highest BCUT2D eigenvalue weighted by molar-refractivity contribution is 5.81. The van der Waals surface area contributed by atoms with Gasteiger partial charge in [-0.3, -0.25) is 9.88 Å². The lowest BCUT2D eigenvalue weighted by Gasteiger charge is -2.36. The number of likely N-dealkylation sites (tertiary alicyclic amines) is 2. The maximum Gasteiger partial charge on any atom is 0.0707 e. The maximum atomic E-state index is 5.84. The largest absolute Gasteiger partial charge is 0.399 e. The van der Waals surface area contributed by atoms with Gasteiger partial charge < -0.3 is 10.6 Å². The predicted molar refractivity (Wildman–Crippen MR) is 95.3 cm³/mol. The smallest absolute Gasteiger partial charge is 0.0707 e. The van der Waals surface area contributed by atoms with E-state index in [0.29, 0.717) is 0 Å². The number of anilines is 1. The maximum absolute atomic E-state index is 5.84. The molecule has 0 radical (unpaired) electrons. The molecule has 0 bridgehead atoms. The molecule has 0 atom stereocenters. The van der Waals surface area contributed by atoms with Gasteiger partial charge in [-0.1, -0.05) is 6.07 Å². The van der Waals surface area contributed by atoms with E-state index in [2.05, 4.69) is 21.9 Å². The molecule has 2 fully saturated rings. The quantitative estimate of drug-likeness (QED) is 0.886. The number of nitrogens with two attached hydrogens (primary N) is 1. The second-order valence-electron chi connectivity index (χ2n) is 7.01. The minimum atomic E-state index is 0.802. The highest BCUT2D eigenvalue weighted by Crippen LogP contribution is 2.22. The van der Waals surface area contributed by atoms with Crippen molar-refractivity contribution in [3.63, 3.8) is 0 Å². The lowest BCUT2D eigenvalue weighted by Crippen LogP contribution is -2.43. The summed E-state index contributed by atoms with van der Waals surface area (Å²) in [6, 6.07) is 11.1. The zero-order chi connectivity index (χ0) is 15.6. The SMILES string of the molecule is Nc1ccc2nc(CN3CCC(N4CCCC4)CC3)ccc2c1. The Kier molecular flexibility index (Phi) is 4.19. The molecule has 2 N–H and O–H groups in total. The van der Waals surface area contributed by atoms with Crippen molar-refractivity contribution < 1.29 is 0 Å². The Morgan fingerprint density at radius 1 is 1.00 bits per heavy atom. The van der Waals surface area contributed by atoms with Crippen LogP contribution in [-0.2, 0) is 6.54 Å². The molecule has 0 aliphatic carbocycles. The molecule has 2 aromatic rings. The summed E-state index contributed by atoms with van der Waals surface area (Å²) < 4.78 is 0. The van der Waals surface area contributed by atoms with Gasteiger partial charge in [-0.05, 0) is 63.0 Å². The number of nitrogens with zero attached hydrogens (tertiary/aromatic N) is 3. The summed E-state index contributed by atoms with van der Waals surface area (Å²) in [4.78, 5) is 10.1. The number of pyridine rings is 1. The summed E-state index contributed by atoms with van der Waals surface area (Å²) in [5.74, 6) is 0. The van der Waals surface area contributed by atoms with Crippen molar-refractivity contribution in [2.75, 3.05) is 31.9 Å². The standard InChI is InChI=1S/C19H26N4/c20-16-4-6-19-15(13-16)3-5-17(21-19)14-22-11-7-18(8-12-22)23-9-1-2-10-23/h3-6,13,18H,1-2,7-12,14,20H2. The van der Waals surface area contributed by atoms with Crippen LogP contribution in [0.3, 0.4) is 0 Å². The molecule has 122 valence electrons. The molecule has 23 heavy (non-hydrogen) atoms. The van der Waals surface area contributed by atoms with E-state index in [0.717, 1.165) is 29.2 Å². The third kappa shape index (κ3) is 3.33. The third-order valence-corrected chi connectivity index (χ3v) is 5.37. The molecule has 4 rings (SSSR count). The first-order valence-corrected chi connectivity index (χ1v) is 8.89. The van der Waals surface area contributed by atoms with Crippen LogP contribution in [0.2, 0.25) is 0 Å². The molecule has 2 aliphatic rings. The van der Waals surface area contributed by atoms with E-state index in [1.165, 1.54) is 57.6 Å². The van der Waals surface area contributed by atoms with E-state index >= 15 is 0 Å². The van der Waals surface area contributed by atoms with Gasteiger partial charge in [0.2, 0.25) is 0 Å². The topological polar surface area (TPSA) is 45.4 Å². The first-order valence-electron chi connectivity index (χ1n) is 8.89. The van der Waals surface area contributed by atoms with E-state index in [4.69, 9.17) is 10.7 Å². The molecule has 1 aromatic carbocycles. The number of benzene rings is 1. The van der Waals surface area contributed by atoms with Crippen LogP contribution in [0.5, 0.6) is 0 Å². The summed E-state index contributed by atoms with van der Waals surface area (Å²) in [6.45, 7) is 6.00. The van der Waals surface area contributed by atoms with Crippen LogP contribution in [0, 0.1) is 0 Å². The molecule has 0 amide bonds. The monoisotopic (exact) mass is 310 g/mol. The first kappa shape index (κ1) is 14.9. The van der Waals surface area contributed by atoms with E-state index in [9.17, 15) is 0 Å². The highest BCUT2D eigenvalue weighted by atomic mass is 15.2. The van der Waals surface area contributed by atoms with Gasteiger partial charge in [0.1, 0.15) is 0 Å². The van der Waals surface area contributed by atoms with Crippen molar-refractivity contribution in [1.29, 1.82) is 0 Å². The molecule has 4 heteroatoms. The second-order valence-corrected chi connectivity index (χ2v) is 7.01. The van der Waals surface area contributed by atoms with Gasteiger partial charge >= 0.3 is 0 Å². The Morgan fingerprint density at radius 3 is 2.57 bits per heavy atom. The number of rotatable bonds is 3. The predicted octanol–water partition coefficient (Wildman–Crippen LogP) is 2.88. The molecule has 2 saturated heterocycles. The van der Waals surface area contributed by atoms with Crippen molar-refractivity contribution in [2.24, 2.45) is 0 Å². The van der Waals surface area contributed by atoms with Gasteiger partial charge in [-0.25, -0.2) is 0 Å². The van der Waals surface area contributed by atoms with Crippen LogP contribution in [0.15, 0.2) is 30.3 Å². The Labute approximate surface area is 138 Å². The first-order chi connectivity index (χ1) is 11.3. The number of hydrogen-bond acceptors (Lipinski definition) is 4. The van der Waals surface area contributed by atoms with Crippen LogP contribution in [0.4, 0.5) is 5.69 Å². The lowest BCUT2D eigenvalue weighted by atomic mass is 10.0. The summed E-state index contributed by atoms with van der Waals surface area (Å²) >= 11 is 0. The lowest BCUT2D eigenvalue weighted by molar-refractivity contribution is 0.122. The van der Waals surface area contributed by atoms with Crippen LogP contribution in [0.25, 0.3) is 10.9 Å². The van der Waals surface area contributed by atoms with Crippen molar-refractivity contribution in [1.82, 2.24) is 14.8 Å². The molecule has 3 heterocycles. The second kappa shape index (κ2) is 6.46. The van der Waals surface area contributed by atoms with Crippen molar-refractivity contribution in [2.45, 2.75) is 38.3 Å². The molecule has 0 saturated carbocycles. The van der Waals surface area contributed by atoms with Gasteiger partial charge in [0.25, 0.3) is 0 Å². The zero-order valence-corrected chi connectivity index (χ0v) is 13.7. The summed E-state index contributed by atoms with van der Waals surface area (Å²) in [7, 11) is 0. The molecule has 0 spiro atoms. The normalized spacial score (nSPS) is 21.2. The number of piperidine rings is 1. The summed E-state index contributed by atoms with van der Waals surface area (Å²) in [5, 5.41) is 1.13. The van der Waals surface area contributed by atoms with Crippen LogP contribution >= 0.6 is 0 Å². The van der Waals surface area contributed by atoms with E-state index in [1.54, 1.807) is 0 Å². The zero-order valence-electron chi connectivity index (χ0n) is 13.7. The molecular formula is C19H26N4. The highest BCUT2D eigenvalue weighted by Gasteiger charge is 2.26. The van der Waals surface area contributed by atoms with Crippen molar-refractivity contribution >= 4 is 16.6 Å². The Morgan fingerprint density at radius 2 is 1.78 bits per heavy atom. The van der Waals surface area contributed by atoms with Gasteiger partial charge in [0.05, 0.1) is 11.2 Å². The third-order valence-electron chi connectivity index (χ3n) is 5.37. The van der Waals surface area contributed by atoms with Crippen molar-refractivity contribution in [3.05, 3.63) is 36.0 Å². The fourth-order valence-corrected chi connectivity index (χ4v) is 4.05. The summed E-state index contributed by atoms with van der Waals surface area (Å²) in [6.07, 6.45) is 5.41. The summed E-state index contributed by atoms with van der Waals surface area (Å²) in [5.41, 5.74) is 8.85. The van der Waals surface area contributed by atoms with Crippen LogP contribution in [-0.4, -0.2) is 47.0 Å². The Hall–Kier alpha value is -1.65. The van der Waals surface area contributed by atoms with E-state index < -0.39 is 0 Å². The van der Waals surface area contributed by atoms with Gasteiger partial charge in [-0.15, -0.1) is 0 Å². The molecular weight excluding hydrogens is 284 g/mol. The minimum absolute atomic E-state index is 0.802. The van der Waals surface area contributed by atoms with Gasteiger partial charge in [0, 0.05) is 36.7 Å². The Bertz CT molecular complexity index is 670. The average molecular weight is 310 g/mol. The number of aromatic nitrogens is 1. The molecule has 4 nitrogen and oxygen atoms in total. The Balaban J connectivity index is 1.38. The van der Waals surface area contributed by atoms with Gasteiger partial charge in [-0.2, -0.15) is 0 Å². The average Bonchev–Trinajstić information content (AvgIpc) is 3.10. The molecule has 2 aliphatic heterocycles. The number of nitrogen functional groups attached to an aromatic ring is 1. The number of hydrogen-bond donors (Lipinski definition) is 1. The fourth-order valence-electron chi connectivity index (χ4n) is 4.05. The molecule has 0 unspecified atom stereocenters. The van der Waals surface area contributed by atoms with E-state index in [1.807, 2.05) is 18.2 Å². The van der Waals surface area contributed by atoms with E-state index in [-0.39, 0.29) is 0 Å². The molecule has 1 aromatic heterocycles. The van der Waals surface area contributed by atoms with Crippen LogP contribution < -0.4 is 5.73 Å². The van der Waals surface area contributed by atoms with Gasteiger partial charge in [0.15, 0.2) is 0 Å². The van der Waals surface area contributed by atoms with Crippen molar-refractivity contribution in [3.8, 4) is 0 Å². The number of fused-ring (bicyclic) bond motifs is 1. The minimum Gasteiger partial charge on any atom is -0.399 e.